The van der Waals surface area contributed by atoms with E-state index >= 15 is 0 Å². The number of imide groups is 1. The van der Waals surface area contributed by atoms with Crippen molar-refractivity contribution < 1.29 is 23.5 Å². The van der Waals surface area contributed by atoms with E-state index in [0.29, 0.717) is 49.2 Å². The van der Waals surface area contributed by atoms with Gasteiger partial charge < -0.3 is 14.8 Å². The van der Waals surface area contributed by atoms with Gasteiger partial charge in [0.05, 0.1) is 12.2 Å². The van der Waals surface area contributed by atoms with E-state index in [9.17, 15) is 14.0 Å². The molecule has 2 aromatic carbocycles. The van der Waals surface area contributed by atoms with Crippen LogP contribution < -0.4 is 10.1 Å². The highest BCUT2D eigenvalue weighted by Crippen LogP contribution is 2.31. The second-order valence-corrected chi connectivity index (χ2v) is 7.93. The van der Waals surface area contributed by atoms with Crippen LogP contribution in [0.5, 0.6) is 5.75 Å². The van der Waals surface area contributed by atoms with Gasteiger partial charge in [0.2, 0.25) is 0 Å². The van der Waals surface area contributed by atoms with Crippen molar-refractivity contribution >= 4 is 23.1 Å². The van der Waals surface area contributed by atoms with Gasteiger partial charge in [-0.15, -0.1) is 0 Å². The van der Waals surface area contributed by atoms with E-state index in [2.05, 4.69) is 19.2 Å². The molecule has 0 aromatic heterocycles. The van der Waals surface area contributed by atoms with Crippen LogP contribution in [-0.2, 0) is 14.3 Å². The second-order valence-electron chi connectivity index (χ2n) is 7.93. The molecule has 1 N–H and O–H groups in total. The topological polar surface area (TPSA) is 67.9 Å². The molecule has 0 atom stereocenters. The lowest BCUT2D eigenvalue weighted by Crippen LogP contribution is -2.34. The Labute approximate surface area is 188 Å². The molecule has 6 nitrogen and oxygen atoms in total. The number of hydrogen-bond donors (Lipinski definition) is 1. The van der Waals surface area contributed by atoms with E-state index in [4.69, 9.17) is 9.47 Å². The molecule has 0 unspecified atom stereocenters. The molecule has 3 rings (SSSR count). The van der Waals surface area contributed by atoms with Gasteiger partial charge in [-0.1, -0.05) is 32.0 Å². The van der Waals surface area contributed by atoms with Crippen LogP contribution in [0.3, 0.4) is 0 Å². The number of halogens is 1. The summed E-state index contributed by atoms with van der Waals surface area (Å²) in [5.41, 5.74) is 1.37. The zero-order chi connectivity index (χ0) is 23.1. The van der Waals surface area contributed by atoms with Gasteiger partial charge in [-0.3, -0.25) is 14.5 Å². The molecule has 0 bridgehead atoms. The van der Waals surface area contributed by atoms with Crippen molar-refractivity contribution in [1.29, 1.82) is 0 Å². The van der Waals surface area contributed by atoms with Crippen LogP contribution in [0, 0.1) is 11.7 Å². The maximum atomic E-state index is 13.7. The highest BCUT2D eigenvalue weighted by Gasteiger charge is 2.38. The minimum Gasteiger partial charge on any atom is -0.493 e. The standard InChI is InChI=1S/C25H29FN2O4/c1-4-31-14-6-13-28-24(29)22(18-9-11-21(12-10-18)32-16-17(2)3)23(25(28)30)27-20-8-5-7-19(26)15-20/h5,7-12,15,17,27H,4,6,13-14,16H2,1-3H3. The SMILES string of the molecule is CCOCCCN1C(=O)C(Nc2cccc(F)c2)=C(c2ccc(OCC(C)C)cc2)C1=O. The highest BCUT2D eigenvalue weighted by atomic mass is 19.1. The molecule has 170 valence electrons. The van der Waals surface area contributed by atoms with Crippen LogP contribution in [0.4, 0.5) is 10.1 Å². The number of carbonyl (C=O) groups excluding carboxylic acids is 2. The predicted octanol–water partition coefficient (Wildman–Crippen LogP) is 4.48. The molecule has 0 fully saturated rings. The molecule has 0 radical (unpaired) electrons. The Kier molecular flexibility index (Phi) is 8.00. The van der Waals surface area contributed by atoms with E-state index in [0.717, 1.165) is 0 Å². The number of carbonyl (C=O) groups is 2. The summed E-state index contributed by atoms with van der Waals surface area (Å²) >= 11 is 0. The molecule has 0 spiro atoms. The smallest absolute Gasteiger partial charge is 0.278 e. The van der Waals surface area contributed by atoms with E-state index in [1.807, 2.05) is 6.92 Å². The number of nitrogens with zero attached hydrogens (tertiary/aromatic N) is 1. The summed E-state index contributed by atoms with van der Waals surface area (Å²) in [4.78, 5) is 27.5. The first-order chi connectivity index (χ1) is 15.4. The number of rotatable bonds is 11. The molecule has 0 saturated heterocycles. The average molecular weight is 441 g/mol. The number of nitrogens with one attached hydrogen (secondary N) is 1. The van der Waals surface area contributed by atoms with Gasteiger partial charge in [0.15, 0.2) is 0 Å². The molecular weight excluding hydrogens is 411 g/mol. The molecule has 0 aliphatic carbocycles. The molecule has 32 heavy (non-hydrogen) atoms. The summed E-state index contributed by atoms with van der Waals surface area (Å²) in [7, 11) is 0. The van der Waals surface area contributed by atoms with Crippen LogP contribution in [0.2, 0.25) is 0 Å². The average Bonchev–Trinajstić information content (AvgIpc) is 2.99. The second kappa shape index (κ2) is 10.9. The number of amides is 2. The third kappa shape index (κ3) is 5.73. The van der Waals surface area contributed by atoms with Crippen LogP contribution in [0.1, 0.15) is 32.8 Å². The van der Waals surface area contributed by atoms with Crippen molar-refractivity contribution in [2.75, 3.05) is 31.7 Å². The maximum absolute atomic E-state index is 13.7. The highest BCUT2D eigenvalue weighted by molar-refractivity contribution is 6.36. The van der Waals surface area contributed by atoms with E-state index in [1.54, 1.807) is 36.4 Å². The fourth-order valence-corrected chi connectivity index (χ4v) is 3.32. The number of hydrogen-bond acceptors (Lipinski definition) is 5. The molecule has 1 aliphatic heterocycles. The number of ether oxygens (including phenoxy) is 2. The van der Waals surface area contributed by atoms with Gasteiger partial charge in [0, 0.05) is 25.4 Å². The van der Waals surface area contributed by atoms with Crippen LogP contribution in [0.15, 0.2) is 54.2 Å². The fourth-order valence-electron chi connectivity index (χ4n) is 3.32. The maximum Gasteiger partial charge on any atom is 0.278 e. The van der Waals surface area contributed by atoms with E-state index in [1.165, 1.54) is 17.0 Å². The normalized spacial score (nSPS) is 14.0. The Bertz CT molecular complexity index is 986. The molecule has 1 heterocycles. The first-order valence-corrected chi connectivity index (χ1v) is 10.8. The summed E-state index contributed by atoms with van der Waals surface area (Å²) in [6, 6.07) is 12.9. The Morgan fingerprint density at radius 1 is 1.06 bits per heavy atom. The summed E-state index contributed by atoms with van der Waals surface area (Å²) in [6.07, 6.45) is 0.536. The first-order valence-electron chi connectivity index (χ1n) is 10.8. The summed E-state index contributed by atoms with van der Waals surface area (Å²) in [6.45, 7) is 7.87. The summed E-state index contributed by atoms with van der Waals surface area (Å²) in [5, 5.41) is 2.96. The van der Waals surface area contributed by atoms with Crippen molar-refractivity contribution in [1.82, 2.24) is 4.90 Å². The van der Waals surface area contributed by atoms with Gasteiger partial charge >= 0.3 is 0 Å². The lowest BCUT2D eigenvalue weighted by Gasteiger charge is -2.15. The van der Waals surface area contributed by atoms with Gasteiger partial charge in [0.1, 0.15) is 17.3 Å². The molecule has 2 aromatic rings. The number of benzene rings is 2. The van der Waals surface area contributed by atoms with Crippen molar-refractivity contribution in [2.45, 2.75) is 27.2 Å². The van der Waals surface area contributed by atoms with Crippen molar-refractivity contribution in [3.05, 3.63) is 65.6 Å². The largest absolute Gasteiger partial charge is 0.493 e. The van der Waals surface area contributed by atoms with E-state index < -0.39 is 11.7 Å². The first kappa shape index (κ1) is 23.5. The van der Waals surface area contributed by atoms with Crippen molar-refractivity contribution in [3.8, 4) is 5.75 Å². The van der Waals surface area contributed by atoms with Crippen LogP contribution in [-0.4, -0.2) is 43.1 Å². The van der Waals surface area contributed by atoms with Gasteiger partial charge in [-0.2, -0.15) is 0 Å². The van der Waals surface area contributed by atoms with Gasteiger partial charge in [-0.25, -0.2) is 4.39 Å². The van der Waals surface area contributed by atoms with Crippen LogP contribution in [0.25, 0.3) is 5.57 Å². The molecule has 2 amide bonds. The molecular formula is C25H29FN2O4. The zero-order valence-electron chi connectivity index (χ0n) is 18.7. The lowest BCUT2D eigenvalue weighted by atomic mass is 10.0. The summed E-state index contributed by atoms with van der Waals surface area (Å²) < 4.78 is 24.7. The fraction of sp³-hybridized carbons (Fsp3) is 0.360. The summed E-state index contributed by atoms with van der Waals surface area (Å²) in [5.74, 6) is -0.187. The third-order valence-corrected chi connectivity index (χ3v) is 4.86. The minimum atomic E-state index is -0.439. The lowest BCUT2D eigenvalue weighted by molar-refractivity contribution is -0.137. The quantitative estimate of drug-likeness (QED) is 0.412. The molecule has 1 aliphatic rings. The Morgan fingerprint density at radius 3 is 2.47 bits per heavy atom. The van der Waals surface area contributed by atoms with Gasteiger partial charge in [-0.05, 0) is 55.2 Å². The predicted molar refractivity (Wildman–Crippen MR) is 122 cm³/mol. The molecule has 0 saturated carbocycles. The van der Waals surface area contributed by atoms with Crippen LogP contribution >= 0.6 is 0 Å². The van der Waals surface area contributed by atoms with Crippen molar-refractivity contribution in [3.63, 3.8) is 0 Å². The zero-order valence-corrected chi connectivity index (χ0v) is 18.7. The Morgan fingerprint density at radius 2 is 1.81 bits per heavy atom. The van der Waals surface area contributed by atoms with E-state index in [-0.39, 0.29) is 23.7 Å². The monoisotopic (exact) mass is 440 g/mol. The van der Waals surface area contributed by atoms with Gasteiger partial charge in [0.25, 0.3) is 11.8 Å². The molecule has 7 heteroatoms. The van der Waals surface area contributed by atoms with Crippen molar-refractivity contribution in [2.24, 2.45) is 5.92 Å². The minimum absolute atomic E-state index is 0.132. The number of anilines is 1. The Balaban J connectivity index is 1.89. The third-order valence-electron chi connectivity index (χ3n) is 4.86. The Hall–Kier alpha value is -3.19.